The third kappa shape index (κ3) is 3.22. The Morgan fingerprint density at radius 1 is 1.16 bits per heavy atom. The van der Waals surface area contributed by atoms with Gasteiger partial charge in [0.1, 0.15) is 6.54 Å². The van der Waals surface area contributed by atoms with Crippen molar-refractivity contribution in [3.8, 4) is 0 Å². The molecule has 100 valence electrons. The van der Waals surface area contributed by atoms with Crippen LogP contribution in [0.5, 0.6) is 0 Å². The Morgan fingerprint density at radius 2 is 1.89 bits per heavy atom. The van der Waals surface area contributed by atoms with Gasteiger partial charge in [0.05, 0.1) is 5.69 Å². The van der Waals surface area contributed by atoms with Crippen LogP contribution < -0.4 is 5.32 Å². The molecule has 1 amide bonds. The fourth-order valence-corrected chi connectivity index (χ4v) is 1.99. The number of carbonyl (C=O) groups excluding carboxylic acids is 1. The van der Waals surface area contributed by atoms with Crippen LogP contribution >= 0.6 is 0 Å². The van der Waals surface area contributed by atoms with Crippen molar-refractivity contribution < 1.29 is 4.79 Å². The summed E-state index contributed by atoms with van der Waals surface area (Å²) in [4.78, 5) is 12.0. The minimum atomic E-state index is -0.0607. The molecule has 0 fully saturated rings. The fourth-order valence-electron chi connectivity index (χ4n) is 1.99. The van der Waals surface area contributed by atoms with Crippen LogP contribution in [0.1, 0.15) is 22.5 Å². The van der Waals surface area contributed by atoms with Gasteiger partial charge in [-0.1, -0.05) is 6.07 Å². The summed E-state index contributed by atoms with van der Waals surface area (Å²) in [6.45, 7) is 8.20. The van der Waals surface area contributed by atoms with E-state index in [1.54, 1.807) is 4.68 Å². The molecule has 0 spiro atoms. The summed E-state index contributed by atoms with van der Waals surface area (Å²) in [5.74, 6) is -0.0607. The summed E-state index contributed by atoms with van der Waals surface area (Å²) in [7, 11) is 0. The van der Waals surface area contributed by atoms with Crippen LogP contribution in [0.3, 0.4) is 0 Å². The number of hydrogen-bond donors (Lipinski definition) is 1. The molecule has 0 radical (unpaired) electrons. The van der Waals surface area contributed by atoms with Gasteiger partial charge in [0.25, 0.3) is 0 Å². The molecule has 0 saturated carbocycles. The predicted molar refractivity (Wildman–Crippen MR) is 76.2 cm³/mol. The Kier molecular flexibility index (Phi) is 3.69. The Hall–Kier alpha value is -2.10. The molecule has 0 aliphatic heterocycles. The number of aromatic nitrogens is 2. The van der Waals surface area contributed by atoms with Gasteiger partial charge in [-0.25, -0.2) is 0 Å². The second-order valence-electron chi connectivity index (χ2n) is 4.93. The molecule has 0 atom stereocenters. The summed E-state index contributed by atoms with van der Waals surface area (Å²) in [5, 5.41) is 7.17. The van der Waals surface area contributed by atoms with E-state index in [0.29, 0.717) is 0 Å². The van der Waals surface area contributed by atoms with Crippen molar-refractivity contribution in [1.82, 2.24) is 9.78 Å². The van der Waals surface area contributed by atoms with Gasteiger partial charge < -0.3 is 5.32 Å². The van der Waals surface area contributed by atoms with E-state index in [9.17, 15) is 4.79 Å². The number of benzene rings is 1. The first-order chi connectivity index (χ1) is 8.95. The number of nitrogens with zero attached hydrogens (tertiary/aromatic N) is 2. The van der Waals surface area contributed by atoms with Gasteiger partial charge in [-0.3, -0.25) is 9.48 Å². The predicted octanol–water partition coefficient (Wildman–Crippen LogP) is 2.76. The maximum atomic E-state index is 12.0. The lowest BCUT2D eigenvalue weighted by atomic mass is 10.1. The molecule has 1 aromatic carbocycles. The molecule has 1 heterocycles. The SMILES string of the molecule is Cc1cc(C)n(CC(=O)Nc2ccc(C)c(C)c2)n1. The zero-order valence-corrected chi connectivity index (χ0v) is 11.8. The normalized spacial score (nSPS) is 10.5. The molecule has 0 saturated heterocycles. The van der Waals surface area contributed by atoms with E-state index in [4.69, 9.17) is 0 Å². The summed E-state index contributed by atoms with van der Waals surface area (Å²) in [5.41, 5.74) is 5.14. The van der Waals surface area contributed by atoms with Crippen molar-refractivity contribution in [2.24, 2.45) is 0 Å². The lowest BCUT2D eigenvalue weighted by Crippen LogP contribution is -2.20. The highest BCUT2D eigenvalue weighted by Crippen LogP contribution is 2.14. The van der Waals surface area contributed by atoms with E-state index in [0.717, 1.165) is 17.1 Å². The Labute approximate surface area is 113 Å². The smallest absolute Gasteiger partial charge is 0.246 e. The first-order valence-electron chi connectivity index (χ1n) is 6.34. The van der Waals surface area contributed by atoms with Gasteiger partial charge in [-0.2, -0.15) is 5.10 Å². The lowest BCUT2D eigenvalue weighted by Gasteiger charge is -2.08. The molecule has 4 heteroatoms. The van der Waals surface area contributed by atoms with E-state index in [1.165, 1.54) is 11.1 Å². The number of amides is 1. The average molecular weight is 257 g/mol. The summed E-state index contributed by atoms with van der Waals surface area (Å²) in [6.07, 6.45) is 0. The van der Waals surface area contributed by atoms with Crippen molar-refractivity contribution >= 4 is 11.6 Å². The van der Waals surface area contributed by atoms with Gasteiger partial charge in [0, 0.05) is 11.4 Å². The van der Waals surface area contributed by atoms with Gasteiger partial charge in [-0.15, -0.1) is 0 Å². The number of aryl methyl sites for hydroxylation is 4. The fraction of sp³-hybridized carbons (Fsp3) is 0.333. The van der Waals surface area contributed by atoms with Crippen molar-refractivity contribution in [3.05, 3.63) is 46.8 Å². The third-order valence-corrected chi connectivity index (χ3v) is 3.19. The number of nitrogens with one attached hydrogen (secondary N) is 1. The molecular formula is C15H19N3O. The van der Waals surface area contributed by atoms with Crippen LogP contribution in [0, 0.1) is 27.7 Å². The molecule has 4 nitrogen and oxygen atoms in total. The van der Waals surface area contributed by atoms with E-state index >= 15 is 0 Å². The second-order valence-corrected chi connectivity index (χ2v) is 4.93. The van der Waals surface area contributed by atoms with Gasteiger partial charge >= 0.3 is 0 Å². The first kappa shape index (κ1) is 13.3. The lowest BCUT2D eigenvalue weighted by molar-refractivity contribution is -0.116. The maximum Gasteiger partial charge on any atom is 0.246 e. The van der Waals surface area contributed by atoms with Crippen molar-refractivity contribution in [2.45, 2.75) is 34.2 Å². The second kappa shape index (κ2) is 5.26. The van der Waals surface area contributed by atoms with Crippen LogP contribution in [-0.4, -0.2) is 15.7 Å². The topological polar surface area (TPSA) is 46.9 Å². The highest BCUT2D eigenvalue weighted by Gasteiger charge is 2.07. The van der Waals surface area contributed by atoms with Crippen molar-refractivity contribution in [3.63, 3.8) is 0 Å². The van der Waals surface area contributed by atoms with Gasteiger partial charge in [0.2, 0.25) is 5.91 Å². The largest absolute Gasteiger partial charge is 0.324 e. The molecule has 0 aliphatic carbocycles. The maximum absolute atomic E-state index is 12.0. The minimum Gasteiger partial charge on any atom is -0.324 e. The highest BCUT2D eigenvalue weighted by atomic mass is 16.2. The van der Waals surface area contributed by atoms with E-state index in [1.807, 2.05) is 45.0 Å². The molecule has 1 aromatic heterocycles. The number of carbonyl (C=O) groups is 1. The minimum absolute atomic E-state index is 0.0607. The van der Waals surface area contributed by atoms with Crippen LogP contribution in [0.4, 0.5) is 5.69 Å². The standard InChI is InChI=1S/C15H19N3O/c1-10-5-6-14(7-11(10)2)16-15(19)9-18-13(4)8-12(3)17-18/h5-8H,9H2,1-4H3,(H,16,19). The van der Waals surface area contributed by atoms with E-state index < -0.39 is 0 Å². The molecule has 0 bridgehead atoms. The quantitative estimate of drug-likeness (QED) is 0.919. The van der Waals surface area contributed by atoms with Crippen LogP contribution in [-0.2, 0) is 11.3 Å². The van der Waals surface area contributed by atoms with Gasteiger partial charge in [0.15, 0.2) is 0 Å². The Morgan fingerprint density at radius 3 is 2.47 bits per heavy atom. The van der Waals surface area contributed by atoms with Crippen molar-refractivity contribution in [1.29, 1.82) is 0 Å². The molecule has 2 aromatic rings. The first-order valence-corrected chi connectivity index (χ1v) is 6.34. The zero-order chi connectivity index (χ0) is 14.0. The molecule has 19 heavy (non-hydrogen) atoms. The summed E-state index contributed by atoms with van der Waals surface area (Å²) in [6, 6.07) is 7.87. The van der Waals surface area contributed by atoms with Crippen LogP contribution in [0.25, 0.3) is 0 Å². The summed E-state index contributed by atoms with van der Waals surface area (Å²) >= 11 is 0. The number of rotatable bonds is 3. The Bertz CT molecular complexity index is 614. The van der Waals surface area contributed by atoms with Gasteiger partial charge in [-0.05, 0) is 57.0 Å². The molecule has 0 aliphatic rings. The van der Waals surface area contributed by atoms with Crippen molar-refractivity contribution in [2.75, 3.05) is 5.32 Å². The van der Waals surface area contributed by atoms with Crippen LogP contribution in [0.2, 0.25) is 0 Å². The molecule has 0 unspecified atom stereocenters. The molecular weight excluding hydrogens is 238 g/mol. The monoisotopic (exact) mass is 257 g/mol. The third-order valence-electron chi connectivity index (χ3n) is 3.19. The van der Waals surface area contributed by atoms with Crippen LogP contribution in [0.15, 0.2) is 24.3 Å². The summed E-state index contributed by atoms with van der Waals surface area (Å²) < 4.78 is 1.71. The Balaban J connectivity index is 2.05. The number of anilines is 1. The molecule has 1 N–H and O–H groups in total. The molecule has 2 rings (SSSR count). The highest BCUT2D eigenvalue weighted by molar-refractivity contribution is 5.90. The average Bonchev–Trinajstić information content (AvgIpc) is 2.62. The van der Waals surface area contributed by atoms with E-state index in [2.05, 4.69) is 17.3 Å². The zero-order valence-electron chi connectivity index (χ0n) is 11.8. The van der Waals surface area contributed by atoms with E-state index in [-0.39, 0.29) is 12.5 Å². The number of hydrogen-bond acceptors (Lipinski definition) is 2.